The van der Waals surface area contributed by atoms with E-state index in [-0.39, 0.29) is 0 Å². The van der Waals surface area contributed by atoms with Crippen LogP contribution in [-0.2, 0) is 6.54 Å². The van der Waals surface area contributed by atoms with Gasteiger partial charge in [-0.1, -0.05) is 24.3 Å². The Balaban J connectivity index is 1.65. The Morgan fingerprint density at radius 1 is 0.686 bits per heavy atom. The van der Waals surface area contributed by atoms with E-state index in [1.807, 2.05) is 42.9 Å². The Morgan fingerprint density at radius 3 is 2.57 bits per heavy atom. The number of benzene rings is 4. The molecule has 0 amide bonds. The SMILES string of the molecule is N#Cc1ccc2c3cc4ncc5ncccccc5c4cc3cc3c4c5c(cncc5c1c32)CN=4. The molecule has 5 heteroatoms. The minimum Gasteiger partial charge on any atom is -0.279 e. The van der Waals surface area contributed by atoms with Crippen molar-refractivity contribution < 1.29 is 0 Å². The van der Waals surface area contributed by atoms with Gasteiger partial charge in [0, 0.05) is 61.9 Å². The summed E-state index contributed by atoms with van der Waals surface area (Å²) in [6.45, 7) is 0.617. The first-order valence-electron chi connectivity index (χ1n) is 11.5. The predicted molar refractivity (Wildman–Crippen MR) is 139 cm³/mol. The molecule has 0 N–H and O–H groups in total. The fraction of sp³-hybridized carbons (Fsp3) is 0.0333. The summed E-state index contributed by atoms with van der Waals surface area (Å²) in [5.41, 5.74) is 3.55. The zero-order chi connectivity index (χ0) is 23.1. The van der Waals surface area contributed by atoms with Crippen molar-refractivity contribution in [3.63, 3.8) is 0 Å². The Labute approximate surface area is 198 Å². The molecule has 0 bridgehead atoms. The molecule has 160 valence electrons. The molecule has 8 rings (SSSR count). The van der Waals surface area contributed by atoms with E-state index in [2.05, 4.69) is 46.4 Å². The standard InChI is InChI=1S/C30H15N5/c31-11-16-5-6-20-21-10-25-22(19-4-2-1-3-7-33-26(19)15-34-25)8-17(21)9-23-29(20)27(16)24-14-32-12-18-13-35-30(23)28(18)24/h1-10,12,14-15H,13H2. The number of hydrogen-bond donors (Lipinski definition) is 0. The van der Waals surface area contributed by atoms with Crippen molar-refractivity contribution in [1.29, 1.82) is 5.26 Å². The van der Waals surface area contributed by atoms with Crippen LogP contribution < -0.4 is 5.36 Å². The van der Waals surface area contributed by atoms with Gasteiger partial charge in [-0.2, -0.15) is 5.26 Å². The van der Waals surface area contributed by atoms with E-state index in [9.17, 15) is 5.26 Å². The lowest BCUT2D eigenvalue weighted by Crippen LogP contribution is -2.05. The van der Waals surface area contributed by atoms with Gasteiger partial charge in [0.05, 0.1) is 40.8 Å². The summed E-state index contributed by atoms with van der Waals surface area (Å²) in [6.07, 6.45) is 7.40. The average molecular weight is 445 g/mol. The van der Waals surface area contributed by atoms with E-state index in [4.69, 9.17) is 9.98 Å². The van der Waals surface area contributed by atoms with Crippen LogP contribution in [0.25, 0.3) is 64.9 Å². The topological polar surface area (TPSA) is 74.8 Å². The van der Waals surface area contributed by atoms with E-state index in [1.54, 1.807) is 6.20 Å². The maximum atomic E-state index is 9.98. The van der Waals surface area contributed by atoms with Crippen LogP contribution in [0.1, 0.15) is 11.1 Å². The number of hydrogen-bond acceptors (Lipinski definition) is 5. The highest BCUT2D eigenvalue weighted by Crippen LogP contribution is 2.40. The summed E-state index contributed by atoms with van der Waals surface area (Å²) in [5.74, 6) is 0. The number of fused-ring (bicyclic) bond motifs is 7. The Bertz CT molecular complexity index is 2210. The number of pyridine rings is 2. The van der Waals surface area contributed by atoms with Gasteiger partial charge in [0.2, 0.25) is 0 Å². The van der Waals surface area contributed by atoms with Gasteiger partial charge < -0.3 is 0 Å². The summed E-state index contributed by atoms with van der Waals surface area (Å²) >= 11 is 0. The van der Waals surface area contributed by atoms with E-state index in [1.165, 1.54) is 0 Å². The Hall–Kier alpha value is -4.95. The molecule has 0 saturated carbocycles. The molecule has 0 aliphatic carbocycles. The number of nitriles is 1. The third kappa shape index (κ3) is 2.35. The largest absolute Gasteiger partial charge is 0.279 e. The molecule has 0 saturated heterocycles. The number of rotatable bonds is 0. The molecule has 7 aromatic rings. The van der Waals surface area contributed by atoms with Crippen molar-refractivity contribution in [1.82, 2.24) is 15.0 Å². The lowest BCUT2D eigenvalue weighted by molar-refractivity contribution is 1.06. The van der Waals surface area contributed by atoms with Crippen LogP contribution in [0.2, 0.25) is 0 Å². The second-order valence-corrected chi connectivity index (χ2v) is 9.00. The van der Waals surface area contributed by atoms with Crippen molar-refractivity contribution in [3.8, 4) is 6.07 Å². The summed E-state index contributed by atoms with van der Waals surface area (Å²) in [7, 11) is 0. The van der Waals surface area contributed by atoms with Crippen molar-refractivity contribution in [3.05, 3.63) is 95.9 Å². The van der Waals surface area contributed by atoms with Gasteiger partial charge in [-0.05, 0) is 46.5 Å². The molecule has 0 unspecified atom stereocenters. The molecule has 0 atom stereocenters. The van der Waals surface area contributed by atoms with Crippen LogP contribution in [0.3, 0.4) is 0 Å². The molecule has 1 aliphatic rings. The highest BCUT2D eigenvalue weighted by atomic mass is 14.8. The van der Waals surface area contributed by atoms with Crippen LogP contribution in [0.4, 0.5) is 0 Å². The maximum Gasteiger partial charge on any atom is 0.0998 e. The minimum absolute atomic E-state index is 0.617. The molecule has 4 aromatic carbocycles. The number of nitrogens with zero attached hydrogens (tertiary/aromatic N) is 5. The van der Waals surface area contributed by atoms with Crippen molar-refractivity contribution >= 4 is 64.9 Å². The van der Waals surface area contributed by atoms with Crippen LogP contribution in [-0.4, -0.2) is 15.0 Å². The van der Waals surface area contributed by atoms with Gasteiger partial charge in [0.15, 0.2) is 0 Å². The molecule has 0 fully saturated rings. The normalized spacial score (nSPS) is 12.7. The quantitative estimate of drug-likeness (QED) is 0.210. The van der Waals surface area contributed by atoms with E-state index in [0.29, 0.717) is 12.1 Å². The maximum absolute atomic E-state index is 9.98. The monoisotopic (exact) mass is 445 g/mol. The van der Waals surface area contributed by atoms with Crippen molar-refractivity contribution in [2.24, 2.45) is 4.99 Å². The molecular formula is C30H15N5. The highest BCUT2D eigenvalue weighted by Gasteiger charge is 2.20. The molecule has 3 aromatic heterocycles. The Morgan fingerprint density at radius 2 is 1.63 bits per heavy atom. The Kier molecular flexibility index (Phi) is 3.46. The second kappa shape index (κ2) is 6.55. The van der Waals surface area contributed by atoms with Crippen LogP contribution in [0, 0.1) is 11.3 Å². The third-order valence-electron chi connectivity index (χ3n) is 7.22. The first kappa shape index (κ1) is 18.5. The van der Waals surface area contributed by atoms with Gasteiger partial charge >= 0.3 is 0 Å². The fourth-order valence-corrected chi connectivity index (χ4v) is 5.74. The lowest BCUT2D eigenvalue weighted by Gasteiger charge is -2.14. The van der Waals surface area contributed by atoms with Crippen molar-refractivity contribution in [2.75, 3.05) is 0 Å². The predicted octanol–water partition coefficient (Wildman–Crippen LogP) is 6.08. The summed E-state index contributed by atoms with van der Waals surface area (Å²) in [6, 6.07) is 21.0. The highest BCUT2D eigenvalue weighted by molar-refractivity contribution is 6.30. The van der Waals surface area contributed by atoms with Gasteiger partial charge in [0.1, 0.15) is 0 Å². The summed E-state index contributed by atoms with van der Waals surface area (Å²) in [4.78, 5) is 18.7. The second-order valence-electron chi connectivity index (χ2n) is 9.00. The molecular weight excluding hydrogens is 430 g/mol. The zero-order valence-electron chi connectivity index (χ0n) is 18.4. The van der Waals surface area contributed by atoms with Gasteiger partial charge in [-0.25, -0.2) is 0 Å². The first-order valence-corrected chi connectivity index (χ1v) is 11.5. The number of aromatic nitrogens is 3. The van der Waals surface area contributed by atoms with Crippen LogP contribution in [0.15, 0.2) is 84.4 Å². The smallest absolute Gasteiger partial charge is 0.0998 e. The van der Waals surface area contributed by atoms with Crippen LogP contribution >= 0.6 is 0 Å². The molecule has 5 nitrogen and oxygen atoms in total. The minimum atomic E-state index is 0.617. The van der Waals surface area contributed by atoms with Crippen LogP contribution in [0.5, 0.6) is 0 Å². The first-order chi connectivity index (χ1) is 17.3. The molecule has 4 heterocycles. The zero-order valence-corrected chi connectivity index (χ0v) is 18.4. The lowest BCUT2D eigenvalue weighted by atomic mass is 9.88. The third-order valence-corrected chi connectivity index (χ3v) is 7.22. The summed E-state index contributed by atoms with van der Waals surface area (Å²) < 4.78 is 0. The van der Waals surface area contributed by atoms with Gasteiger partial charge in [0.25, 0.3) is 0 Å². The van der Waals surface area contributed by atoms with Crippen molar-refractivity contribution in [2.45, 2.75) is 6.54 Å². The van der Waals surface area contributed by atoms with E-state index in [0.717, 1.165) is 75.8 Å². The molecule has 35 heavy (non-hydrogen) atoms. The molecule has 0 spiro atoms. The molecule has 0 radical (unpaired) electrons. The van der Waals surface area contributed by atoms with E-state index < -0.39 is 0 Å². The van der Waals surface area contributed by atoms with Gasteiger partial charge in [-0.15, -0.1) is 0 Å². The fourth-order valence-electron chi connectivity index (χ4n) is 5.74. The average Bonchev–Trinajstić information content (AvgIpc) is 3.31. The molecule has 1 aliphatic heterocycles. The van der Waals surface area contributed by atoms with Gasteiger partial charge in [-0.3, -0.25) is 19.9 Å². The van der Waals surface area contributed by atoms with E-state index >= 15 is 0 Å². The summed E-state index contributed by atoms with van der Waals surface area (Å²) in [5, 5.41) is 21.7.